The molecule has 0 unspecified atom stereocenters. The molecule has 33 heavy (non-hydrogen) atoms. The molecule has 1 fully saturated rings. The van der Waals surface area contributed by atoms with E-state index < -0.39 is 15.8 Å². The highest BCUT2D eigenvalue weighted by atomic mass is 35.5. The highest BCUT2D eigenvalue weighted by Crippen LogP contribution is 2.31. The van der Waals surface area contributed by atoms with Gasteiger partial charge in [-0.2, -0.15) is 0 Å². The van der Waals surface area contributed by atoms with Gasteiger partial charge in [0.05, 0.1) is 22.5 Å². The number of primary sulfonamides is 1. The highest BCUT2D eigenvalue weighted by Gasteiger charge is 2.33. The van der Waals surface area contributed by atoms with Gasteiger partial charge in [-0.1, -0.05) is 24.6 Å². The van der Waals surface area contributed by atoms with Crippen LogP contribution in [0.4, 0.5) is 4.39 Å². The minimum absolute atomic E-state index is 0.000417. The number of benzene rings is 2. The van der Waals surface area contributed by atoms with Gasteiger partial charge in [0.2, 0.25) is 15.9 Å². The molecule has 0 saturated heterocycles. The van der Waals surface area contributed by atoms with Crippen molar-refractivity contribution in [1.29, 1.82) is 0 Å². The van der Waals surface area contributed by atoms with Crippen molar-refractivity contribution in [2.75, 3.05) is 0 Å². The summed E-state index contributed by atoms with van der Waals surface area (Å²) in [4.78, 5) is 19.4. The zero-order chi connectivity index (χ0) is 23.8. The number of nitrogens with zero attached hydrogens (tertiary/aromatic N) is 3. The summed E-state index contributed by atoms with van der Waals surface area (Å²) in [6.07, 6.45) is 3.22. The normalized spacial score (nSPS) is 14.1. The van der Waals surface area contributed by atoms with Crippen LogP contribution in [0.3, 0.4) is 0 Å². The molecule has 0 bridgehead atoms. The van der Waals surface area contributed by atoms with Crippen LogP contribution in [0.1, 0.15) is 44.0 Å². The molecule has 10 heteroatoms. The number of imidazole rings is 1. The van der Waals surface area contributed by atoms with E-state index in [-0.39, 0.29) is 29.8 Å². The molecule has 1 aliphatic rings. The Bertz CT molecular complexity index is 1280. The van der Waals surface area contributed by atoms with Crippen molar-refractivity contribution >= 4 is 38.6 Å². The first kappa shape index (κ1) is 23.7. The smallest absolute Gasteiger partial charge is 0.238 e. The van der Waals surface area contributed by atoms with Gasteiger partial charge in [0.15, 0.2) is 0 Å². The fourth-order valence-corrected chi connectivity index (χ4v) is 4.78. The number of aryl methyl sites for hydroxylation is 2. The third kappa shape index (κ3) is 5.20. The van der Waals surface area contributed by atoms with E-state index in [1.807, 2.05) is 11.5 Å². The third-order valence-corrected chi connectivity index (χ3v) is 7.10. The van der Waals surface area contributed by atoms with Gasteiger partial charge in [0.25, 0.3) is 0 Å². The molecule has 2 aromatic carbocycles. The lowest BCUT2D eigenvalue weighted by Gasteiger charge is -2.23. The van der Waals surface area contributed by atoms with Gasteiger partial charge in [-0.25, -0.2) is 22.9 Å². The van der Waals surface area contributed by atoms with Gasteiger partial charge >= 0.3 is 0 Å². The zero-order valence-corrected chi connectivity index (χ0v) is 19.9. The van der Waals surface area contributed by atoms with Crippen LogP contribution >= 0.6 is 11.6 Å². The molecule has 1 aliphatic carbocycles. The van der Waals surface area contributed by atoms with Crippen LogP contribution in [-0.4, -0.2) is 34.8 Å². The van der Waals surface area contributed by atoms with Crippen LogP contribution in [0.5, 0.6) is 0 Å². The molecule has 1 saturated carbocycles. The number of sulfonamides is 1. The molecule has 0 atom stereocenters. The fraction of sp³-hybridized carbons (Fsp3) is 0.391. The minimum Gasteiger partial charge on any atom is -0.335 e. The van der Waals surface area contributed by atoms with Gasteiger partial charge in [0, 0.05) is 36.0 Å². The molecular weight excluding hydrogens is 467 g/mol. The maximum atomic E-state index is 14.3. The van der Waals surface area contributed by atoms with Crippen LogP contribution in [0.15, 0.2) is 41.3 Å². The Morgan fingerprint density at radius 2 is 2.06 bits per heavy atom. The number of halogens is 2. The number of carbonyl (C=O) groups is 1. The molecule has 0 spiro atoms. The average molecular weight is 493 g/mol. The number of hydrogen-bond acceptors (Lipinski definition) is 4. The molecule has 0 radical (unpaired) electrons. The lowest BCUT2D eigenvalue weighted by molar-refractivity contribution is -0.132. The Hall–Kier alpha value is -2.49. The standard InChI is InChI=1S/C23H26ClFN4O3S/c1-2-12-28-21-9-8-16(33(26,31)32)13-20(21)27-22(28)10-11-23(30)29(15-6-7-15)14-17-18(24)4-3-5-19(17)25/h3-5,8-9,13,15H,2,6-7,10-12,14H2,1H3,(H2,26,31,32). The van der Waals surface area contributed by atoms with E-state index in [4.69, 9.17) is 16.7 Å². The van der Waals surface area contributed by atoms with Gasteiger partial charge in [-0.15, -0.1) is 0 Å². The molecule has 3 aromatic rings. The number of amides is 1. The zero-order valence-electron chi connectivity index (χ0n) is 18.3. The number of rotatable bonds is 9. The lowest BCUT2D eigenvalue weighted by Crippen LogP contribution is -2.33. The van der Waals surface area contributed by atoms with Gasteiger partial charge in [0.1, 0.15) is 11.6 Å². The Kier molecular flexibility index (Phi) is 6.74. The maximum Gasteiger partial charge on any atom is 0.238 e. The molecule has 1 heterocycles. The number of nitrogens with two attached hydrogens (primary N) is 1. The van der Waals surface area contributed by atoms with Crippen molar-refractivity contribution in [3.63, 3.8) is 0 Å². The molecule has 176 valence electrons. The number of fused-ring (bicyclic) bond motifs is 1. The molecule has 0 aliphatic heterocycles. The molecule has 4 rings (SSSR count). The predicted molar refractivity (Wildman–Crippen MR) is 125 cm³/mol. The summed E-state index contributed by atoms with van der Waals surface area (Å²) in [5, 5.41) is 5.56. The van der Waals surface area contributed by atoms with Crippen molar-refractivity contribution in [3.05, 3.63) is 58.6 Å². The Morgan fingerprint density at radius 1 is 1.30 bits per heavy atom. The van der Waals surface area contributed by atoms with Crippen molar-refractivity contribution in [3.8, 4) is 0 Å². The summed E-state index contributed by atoms with van der Waals surface area (Å²) >= 11 is 6.18. The fourth-order valence-electron chi connectivity index (χ4n) is 4.02. The monoisotopic (exact) mass is 492 g/mol. The van der Waals surface area contributed by atoms with Crippen molar-refractivity contribution in [2.24, 2.45) is 5.14 Å². The summed E-state index contributed by atoms with van der Waals surface area (Å²) in [6, 6.07) is 9.23. The van der Waals surface area contributed by atoms with Crippen LogP contribution in [0.2, 0.25) is 5.02 Å². The van der Waals surface area contributed by atoms with Crippen molar-refractivity contribution in [1.82, 2.24) is 14.5 Å². The first-order chi connectivity index (χ1) is 15.7. The lowest BCUT2D eigenvalue weighted by atomic mass is 10.1. The minimum atomic E-state index is -3.84. The van der Waals surface area contributed by atoms with E-state index in [9.17, 15) is 17.6 Å². The topological polar surface area (TPSA) is 98.3 Å². The molecule has 7 nitrogen and oxygen atoms in total. The van der Waals surface area contributed by atoms with Gasteiger partial charge in [-0.05, 0) is 49.6 Å². The Morgan fingerprint density at radius 3 is 2.70 bits per heavy atom. The Balaban J connectivity index is 1.56. The SMILES string of the molecule is CCCn1c(CCC(=O)N(Cc2c(F)cccc2Cl)C2CC2)nc2cc(S(N)(=O)=O)ccc21. The second kappa shape index (κ2) is 9.40. The van der Waals surface area contributed by atoms with Crippen LogP contribution in [0.25, 0.3) is 11.0 Å². The third-order valence-electron chi connectivity index (χ3n) is 5.84. The first-order valence-electron chi connectivity index (χ1n) is 10.9. The molecule has 1 amide bonds. The summed E-state index contributed by atoms with van der Waals surface area (Å²) < 4.78 is 39.7. The van der Waals surface area contributed by atoms with E-state index >= 15 is 0 Å². The molecule has 1 aromatic heterocycles. The van der Waals surface area contributed by atoms with Crippen molar-refractivity contribution < 1.29 is 17.6 Å². The highest BCUT2D eigenvalue weighted by molar-refractivity contribution is 7.89. The first-order valence-corrected chi connectivity index (χ1v) is 12.9. The number of hydrogen-bond donors (Lipinski definition) is 1. The quantitative estimate of drug-likeness (QED) is 0.488. The van der Waals surface area contributed by atoms with E-state index in [2.05, 4.69) is 4.98 Å². The van der Waals surface area contributed by atoms with E-state index in [0.29, 0.717) is 34.9 Å². The second-order valence-electron chi connectivity index (χ2n) is 8.33. The number of carbonyl (C=O) groups excluding carboxylic acids is 1. The summed E-state index contributed by atoms with van der Waals surface area (Å²) in [6.45, 7) is 2.86. The molecule has 2 N–H and O–H groups in total. The van der Waals surface area contributed by atoms with E-state index in [0.717, 1.165) is 24.8 Å². The second-order valence-corrected chi connectivity index (χ2v) is 10.3. The molecular formula is C23H26ClFN4O3S. The van der Waals surface area contributed by atoms with Crippen molar-refractivity contribution in [2.45, 2.75) is 63.1 Å². The predicted octanol–water partition coefficient (Wildman–Crippen LogP) is 4.01. The summed E-state index contributed by atoms with van der Waals surface area (Å²) in [5.74, 6) is 0.194. The average Bonchev–Trinajstić information content (AvgIpc) is 3.53. The van der Waals surface area contributed by atoms with E-state index in [1.165, 1.54) is 18.2 Å². The summed E-state index contributed by atoms with van der Waals surface area (Å²) in [7, 11) is -3.84. The number of aromatic nitrogens is 2. The van der Waals surface area contributed by atoms with E-state index in [1.54, 1.807) is 23.1 Å². The van der Waals surface area contributed by atoms with Gasteiger partial charge in [-0.3, -0.25) is 4.79 Å². The van der Waals surface area contributed by atoms with Crippen LogP contribution in [-0.2, 0) is 34.3 Å². The maximum absolute atomic E-state index is 14.3. The summed E-state index contributed by atoms with van der Waals surface area (Å²) in [5.41, 5.74) is 1.65. The largest absolute Gasteiger partial charge is 0.335 e. The van der Waals surface area contributed by atoms with Crippen LogP contribution < -0.4 is 5.14 Å². The van der Waals surface area contributed by atoms with Gasteiger partial charge < -0.3 is 9.47 Å². The van der Waals surface area contributed by atoms with Crippen LogP contribution in [0, 0.1) is 5.82 Å². The Labute approximate surface area is 197 Å².